The fourth-order valence-electron chi connectivity index (χ4n) is 9.64. The number of nitrogens with zero attached hydrogens (tertiary/aromatic N) is 3. The highest BCUT2D eigenvalue weighted by atomic mass is 16.4. The van der Waals surface area contributed by atoms with Crippen LogP contribution in [0, 0.1) is 0 Å². The monoisotopic (exact) mass is 739 g/mol. The molecule has 276 valence electrons. The second kappa shape index (κ2) is 14.1. The van der Waals surface area contributed by atoms with Gasteiger partial charge < -0.3 is 13.7 Å². The second-order valence-electron chi connectivity index (χ2n) is 15.5. The summed E-state index contributed by atoms with van der Waals surface area (Å²) < 4.78 is 12.9. The third-order valence-electron chi connectivity index (χ3n) is 12.2. The first-order valence-electron chi connectivity index (χ1n) is 20.2. The smallest absolute Gasteiger partial charge is 0.203 e. The van der Waals surface area contributed by atoms with Crippen LogP contribution < -0.4 is 4.90 Å². The maximum atomic E-state index is 6.47. The lowest BCUT2D eigenvalue weighted by Gasteiger charge is -2.46. The molecule has 0 amide bonds. The summed E-state index contributed by atoms with van der Waals surface area (Å²) in [6, 6.07) is 63.3. The van der Waals surface area contributed by atoms with Gasteiger partial charge in [0.1, 0.15) is 11.0 Å². The molecule has 0 radical (unpaired) electrons. The van der Waals surface area contributed by atoms with E-state index in [1.165, 1.54) is 50.2 Å². The Kier molecular flexibility index (Phi) is 8.31. The van der Waals surface area contributed by atoms with Crippen molar-refractivity contribution in [1.82, 2.24) is 9.97 Å². The fraction of sp³-hybridized carbons (Fsp3) is 0.154. The summed E-state index contributed by atoms with van der Waals surface area (Å²) in [4.78, 5) is 12.8. The lowest BCUT2D eigenvalue weighted by molar-refractivity contribution is 0.380. The highest BCUT2D eigenvalue weighted by Gasteiger charge is 2.41. The van der Waals surface area contributed by atoms with Crippen molar-refractivity contribution < 1.29 is 8.83 Å². The molecule has 7 aromatic carbocycles. The topological polar surface area (TPSA) is 55.3 Å². The average Bonchev–Trinajstić information content (AvgIpc) is 3.92. The van der Waals surface area contributed by atoms with Crippen LogP contribution in [0.15, 0.2) is 185 Å². The van der Waals surface area contributed by atoms with Crippen LogP contribution in [0.1, 0.15) is 83.6 Å². The lowest BCUT2D eigenvalue weighted by Crippen LogP contribution is -2.38. The molecular weight excluding hydrogens is 699 g/mol. The van der Waals surface area contributed by atoms with Gasteiger partial charge in [-0.25, -0.2) is 9.97 Å². The van der Waals surface area contributed by atoms with Gasteiger partial charge in [-0.05, 0) is 113 Å². The van der Waals surface area contributed by atoms with Gasteiger partial charge in [0, 0.05) is 5.69 Å². The zero-order valence-corrected chi connectivity index (χ0v) is 31.5. The molecule has 0 fully saturated rings. The van der Waals surface area contributed by atoms with Crippen LogP contribution in [0.5, 0.6) is 0 Å². The number of aromatic nitrogens is 2. The Morgan fingerprint density at radius 1 is 0.386 bits per heavy atom. The van der Waals surface area contributed by atoms with Gasteiger partial charge in [-0.3, -0.25) is 0 Å². The van der Waals surface area contributed by atoms with E-state index in [1.54, 1.807) is 0 Å². The molecule has 2 aromatic heterocycles. The minimum absolute atomic E-state index is 0.0735. The first-order chi connectivity index (χ1) is 28.2. The predicted molar refractivity (Wildman–Crippen MR) is 228 cm³/mol. The molecule has 9 aromatic rings. The van der Waals surface area contributed by atoms with Gasteiger partial charge in [0.25, 0.3) is 0 Å². The summed E-state index contributed by atoms with van der Waals surface area (Å²) in [6.07, 6.45) is 3.75. The van der Waals surface area contributed by atoms with Crippen LogP contribution in [0.25, 0.3) is 44.5 Å². The van der Waals surface area contributed by atoms with Crippen LogP contribution in [0.3, 0.4) is 0 Å². The first kappa shape index (κ1) is 33.6. The van der Waals surface area contributed by atoms with Crippen molar-refractivity contribution in [2.75, 3.05) is 4.90 Å². The molecule has 2 aliphatic rings. The minimum Gasteiger partial charge on any atom is -0.440 e. The Balaban J connectivity index is 1.09. The highest BCUT2D eigenvalue weighted by Crippen LogP contribution is 2.52. The Bertz CT molecular complexity index is 2600. The molecule has 11 rings (SSSR count). The quantitative estimate of drug-likeness (QED) is 0.163. The van der Waals surface area contributed by atoms with Gasteiger partial charge in [-0.15, -0.1) is 0 Å². The van der Waals surface area contributed by atoms with E-state index in [0.717, 1.165) is 59.7 Å². The zero-order valence-electron chi connectivity index (χ0n) is 31.5. The predicted octanol–water partition coefficient (Wildman–Crippen LogP) is 13.4. The third-order valence-corrected chi connectivity index (χ3v) is 12.2. The van der Waals surface area contributed by atoms with E-state index in [-0.39, 0.29) is 23.9 Å². The zero-order chi connectivity index (χ0) is 37.7. The first-order valence-corrected chi connectivity index (χ1v) is 20.2. The summed E-state index contributed by atoms with van der Waals surface area (Å²) in [5.74, 6) is 1.75. The molecule has 5 heteroatoms. The molecule has 0 N–H and O–H groups in total. The van der Waals surface area contributed by atoms with E-state index in [4.69, 9.17) is 18.8 Å². The third kappa shape index (κ3) is 6.02. The van der Waals surface area contributed by atoms with E-state index in [1.807, 2.05) is 48.5 Å². The van der Waals surface area contributed by atoms with Gasteiger partial charge in [-0.2, -0.15) is 0 Å². The van der Waals surface area contributed by atoms with Crippen LogP contribution in [-0.4, -0.2) is 9.97 Å². The molecule has 0 saturated heterocycles. The maximum Gasteiger partial charge on any atom is 0.203 e. The summed E-state index contributed by atoms with van der Waals surface area (Å²) in [5, 5.41) is 0. The molecule has 5 nitrogen and oxygen atoms in total. The van der Waals surface area contributed by atoms with Crippen LogP contribution in [-0.2, 0) is 0 Å². The summed E-state index contributed by atoms with van der Waals surface area (Å²) >= 11 is 0. The number of oxazole rings is 2. The summed E-state index contributed by atoms with van der Waals surface area (Å²) in [6.45, 7) is 0. The molecule has 0 saturated carbocycles. The van der Waals surface area contributed by atoms with Gasteiger partial charge in [0.15, 0.2) is 11.2 Å². The van der Waals surface area contributed by atoms with Crippen molar-refractivity contribution >= 4 is 27.9 Å². The Labute approximate surface area is 332 Å². The number of hydrogen-bond donors (Lipinski definition) is 0. The Hall–Kier alpha value is -6.72. The number of para-hydroxylation sites is 4. The molecule has 57 heavy (non-hydrogen) atoms. The normalized spacial score (nSPS) is 18.9. The van der Waals surface area contributed by atoms with Crippen LogP contribution >= 0.6 is 0 Å². The standard InChI is InChI=1S/C52H41N3O2/c1-3-15-34(16-4-1)36-31-37(35-17-5-2-6-18-35)33-38(32-36)55(47-29-27-43(39-19-7-9-21-41(39)47)51-53-45-23-11-13-25-49(45)56-51)48-30-28-44(40-20-8-10-22-42(40)48)52-54-46-24-12-14-26-50(46)57-52/h1-26,31-33,43-44,47-48H,27-30H2. The maximum absolute atomic E-state index is 6.47. The van der Waals surface area contributed by atoms with Crippen molar-refractivity contribution in [3.63, 3.8) is 0 Å². The van der Waals surface area contributed by atoms with E-state index < -0.39 is 0 Å². The van der Waals surface area contributed by atoms with Gasteiger partial charge >= 0.3 is 0 Å². The summed E-state index contributed by atoms with van der Waals surface area (Å²) in [5.41, 5.74) is 14.8. The Morgan fingerprint density at radius 3 is 1.25 bits per heavy atom. The Morgan fingerprint density at radius 2 is 0.789 bits per heavy atom. The van der Waals surface area contributed by atoms with Crippen LogP contribution in [0.4, 0.5) is 5.69 Å². The lowest BCUT2D eigenvalue weighted by atomic mass is 9.75. The molecule has 4 atom stereocenters. The molecule has 2 aliphatic carbocycles. The van der Waals surface area contributed by atoms with Crippen molar-refractivity contribution in [3.05, 3.63) is 210 Å². The van der Waals surface area contributed by atoms with Crippen molar-refractivity contribution in [2.24, 2.45) is 0 Å². The minimum atomic E-state index is 0.0735. The van der Waals surface area contributed by atoms with Crippen molar-refractivity contribution in [3.8, 4) is 22.3 Å². The molecule has 0 spiro atoms. The van der Waals surface area contributed by atoms with Gasteiger partial charge in [-0.1, -0.05) is 133 Å². The number of fused-ring (bicyclic) bond motifs is 4. The largest absolute Gasteiger partial charge is 0.440 e. The van der Waals surface area contributed by atoms with Crippen molar-refractivity contribution in [1.29, 1.82) is 0 Å². The van der Waals surface area contributed by atoms with Gasteiger partial charge in [0.05, 0.1) is 23.9 Å². The average molecular weight is 740 g/mol. The molecule has 2 heterocycles. The number of rotatable bonds is 7. The van der Waals surface area contributed by atoms with Crippen LogP contribution in [0.2, 0.25) is 0 Å². The van der Waals surface area contributed by atoms with Gasteiger partial charge in [0.2, 0.25) is 11.8 Å². The van der Waals surface area contributed by atoms with E-state index in [9.17, 15) is 0 Å². The molecule has 4 unspecified atom stereocenters. The number of anilines is 1. The second-order valence-corrected chi connectivity index (χ2v) is 15.5. The molecule has 0 aliphatic heterocycles. The molecular formula is C52H41N3O2. The molecule has 0 bridgehead atoms. The van der Waals surface area contributed by atoms with E-state index in [2.05, 4.69) is 132 Å². The van der Waals surface area contributed by atoms with Crippen molar-refractivity contribution in [2.45, 2.75) is 49.6 Å². The van der Waals surface area contributed by atoms with E-state index in [0.29, 0.717) is 0 Å². The van der Waals surface area contributed by atoms with E-state index >= 15 is 0 Å². The highest BCUT2D eigenvalue weighted by molar-refractivity contribution is 5.79. The SMILES string of the molecule is c1ccc(-c2cc(-c3ccccc3)cc(N(C3CCC(c4nc5ccccc5o4)c4ccccc43)C3CCC(c4nc5ccccc5o4)c4ccccc43)c2)cc1. The number of hydrogen-bond acceptors (Lipinski definition) is 5. The number of benzene rings is 7. The summed E-state index contributed by atoms with van der Waals surface area (Å²) in [7, 11) is 0. The fourth-order valence-corrected chi connectivity index (χ4v) is 9.64.